The Bertz CT molecular complexity index is 694. The summed E-state index contributed by atoms with van der Waals surface area (Å²) < 4.78 is 0.970. The van der Waals surface area contributed by atoms with Gasteiger partial charge in [0.25, 0.3) is 0 Å². The lowest BCUT2D eigenvalue weighted by Gasteiger charge is -2.10. The van der Waals surface area contributed by atoms with Crippen LogP contribution in [0.2, 0.25) is 5.02 Å². The highest BCUT2D eigenvalue weighted by molar-refractivity contribution is 6.30. The average Bonchev–Trinajstić information content (AvgIpc) is 2.37. The molecule has 2 aromatic rings. The second-order valence-corrected chi connectivity index (χ2v) is 4.13. The second-order valence-electron chi connectivity index (χ2n) is 3.70. The molecule has 5 nitrogen and oxygen atoms in total. The van der Waals surface area contributed by atoms with E-state index in [2.05, 4.69) is 0 Å². The van der Waals surface area contributed by atoms with E-state index in [4.69, 9.17) is 33.8 Å². The number of nitriles is 1. The SMILES string of the molecule is N#Cc1c(-c2ccc(Cl)cc2)cc(N)n(N)c1=N. The van der Waals surface area contributed by atoms with Crippen molar-refractivity contribution in [2.45, 2.75) is 0 Å². The van der Waals surface area contributed by atoms with Crippen LogP contribution in [0.15, 0.2) is 30.3 Å². The molecule has 0 unspecified atom stereocenters. The predicted octanol–water partition coefficient (Wildman–Crippen LogP) is 1.46. The molecule has 2 rings (SSSR count). The first-order chi connectivity index (χ1) is 8.54. The van der Waals surface area contributed by atoms with Crippen molar-refractivity contribution in [2.24, 2.45) is 0 Å². The summed E-state index contributed by atoms with van der Waals surface area (Å²) in [5.74, 6) is 5.77. The third-order valence-electron chi connectivity index (χ3n) is 2.58. The Morgan fingerprint density at radius 2 is 1.89 bits per heavy atom. The second kappa shape index (κ2) is 4.43. The normalized spacial score (nSPS) is 10.0. The van der Waals surface area contributed by atoms with Gasteiger partial charge in [-0.3, -0.25) is 5.41 Å². The molecule has 0 aliphatic heterocycles. The van der Waals surface area contributed by atoms with Gasteiger partial charge in [0.15, 0.2) is 5.49 Å². The van der Waals surface area contributed by atoms with E-state index in [9.17, 15) is 0 Å². The molecule has 0 radical (unpaired) electrons. The Balaban J connectivity index is 2.76. The standard InChI is InChI=1S/C12H10ClN5/c13-8-3-1-7(2-4-8)9-5-11(15)18(17)12(16)10(9)6-14/h1-5,16H,15,17H2. The molecule has 1 aromatic heterocycles. The van der Waals surface area contributed by atoms with Crippen LogP contribution in [0.4, 0.5) is 5.82 Å². The lowest BCUT2D eigenvalue weighted by molar-refractivity contribution is 0.888. The number of nitrogens with one attached hydrogen (secondary N) is 1. The van der Waals surface area contributed by atoms with Gasteiger partial charge in [0, 0.05) is 10.6 Å². The Morgan fingerprint density at radius 1 is 1.28 bits per heavy atom. The summed E-state index contributed by atoms with van der Waals surface area (Å²) in [6.45, 7) is 0. The first-order valence-corrected chi connectivity index (χ1v) is 5.43. The van der Waals surface area contributed by atoms with E-state index < -0.39 is 0 Å². The fourth-order valence-electron chi connectivity index (χ4n) is 1.64. The summed E-state index contributed by atoms with van der Waals surface area (Å²) >= 11 is 5.81. The van der Waals surface area contributed by atoms with Crippen molar-refractivity contribution >= 4 is 17.4 Å². The third-order valence-corrected chi connectivity index (χ3v) is 2.84. The van der Waals surface area contributed by atoms with E-state index >= 15 is 0 Å². The van der Waals surface area contributed by atoms with Gasteiger partial charge in [-0.1, -0.05) is 23.7 Å². The number of nitrogens with two attached hydrogens (primary N) is 2. The van der Waals surface area contributed by atoms with Crippen molar-refractivity contribution in [1.82, 2.24) is 4.68 Å². The van der Waals surface area contributed by atoms with E-state index in [0.717, 1.165) is 10.2 Å². The van der Waals surface area contributed by atoms with Gasteiger partial charge in [-0.05, 0) is 23.8 Å². The zero-order valence-corrected chi connectivity index (χ0v) is 10.1. The molecule has 0 saturated carbocycles. The quantitative estimate of drug-likeness (QED) is 0.675. The molecular formula is C12H10ClN5. The molecule has 1 aromatic carbocycles. The van der Waals surface area contributed by atoms with Crippen molar-refractivity contribution in [1.29, 1.82) is 10.7 Å². The molecule has 0 amide bonds. The molecule has 0 bridgehead atoms. The molecule has 6 heteroatoms. The van der Waals surface area contributed by atoms with Crippen LogP contribution in [0.1, 0.15) is 5.56 Å². The van der Waals surface area contributed by atoms with Gasteiger partial charge < -0.3 is 11.6 Å². The van der Waals surface area contributed by atoms with Gasteiger partial charge in [-0.15, -0.1) is 0 Å². The lowest BCUT2D eigenvalue weighted by Crippen LogP contribution is -2.31. The molecule has 0 saturated heterocycles. The minimum absolute atomic E-state index is 0.123. The van der Waals surface area contributed by atoms with Crippen LogP contribution < -0.4 is 17.1 Å². The number of halogens is 1. The third kappa shape index (κ3) is 1.90. The lowest BCUT2D eigenvalue weighted by atomic mass is 10.0. The van der Waals surface area contributed by atoms with Crippen LogP contribution in [0.5, 0.6) is 0 Å². The molecule has 0 atom stereocenters. The maximum Gasteiger partial charge on any atom is 0.164 e. The maximum atomic E-state index is 9.12. The molecule has 90 valence electrons. The number of nitrogen functional groups attached to an aromatic ring is 2. The minimum atomic E-state index is -0.123. The van der Waals surface area contributed by atoms with Crippen LogP contribution in [0.3, 0.4) is 0 Å². The fourth-order valence-corrected chi connectivity index (χ4v) is 1.76. The van der Waals surface area contributed by atoms with E-state index in [0.29, 0.717) is 10.6 Å². The summed E-state index contributed by atoms with van der Waals surface area (Å²) in [6.07, 6.45) is 0. The van der Waals surface area contributed by atoms with Gasteiger partial charge in [0.2, 0.25) is 0 Å². The predicted molar refractivity (Wildman–Crippen MR) is 70.0 cm³/mol. The number of hydrogen-bond acceptors (Lipinski definition) is 4. The van der Waals surface area contributed by atoms with Crippen LogP contribution in [0.25, 0.3) is 11.1 Å². The van der Waals surface area contributed by atoms with E-state index in [1.807, 2.05) is 6.07 Å². The highest BCUT2D eigenvalue weighted by Crippen LogP contribution is 2.24. The minimum Gasteiger partial charge on any atom is -0.384 e. The summed E-state index contributed by atoms with van der Waals surface area (Å²) in [6, 6.07) is 10.5. The topological polar surface area (TPSA) is 105 Å². The average molecular weight is 260 g/mol. The van der Waals surface area contributed by atoms with Crippen molar-refractivity contribution in [3.05, 3.63) is 46.4 Å². The van der Waals surface area contributed by atoms with E-state index in [-0.39, 0.29) is 16.9 Å². The summed E-state index contributed by atoms with van der Waals surface area (Å²) in [5, 5.41) is 17.5. The number of benzene rings is 1. The monoisotopic (exact) mass is 259 g/mol. The van der Waals surface area contributed by atoms with Crippen molar-refractivity contribution in [3.8, 4) is 17.2 Å². The molecule has 0 fully saturated rings. The van der Waals surface area contributed by atoms with Crippen LogP contribution >= 0.6 is 11.6 Å². The number of pyridine rings is 1. The van der Waals surface area contributed by atoms with E-state index in [1.165, 1.54) is 0 Å². The molecule has 0 aliphatic carbocycles. The van der Waals surface area contributed by atoms with Gasteiger partial charge >= 0.3 is 0 Å². The van der Waals surface area contributed by atoms with Crippen molar-refractivity contribution in [2.75, 3.05) is 11.6 Å². The first kappa shape index (κ1) is 12.0. The van der Waals surface area contributed by atoms with Gasteiger partial charge in [0.1, 0.15) is 17.5 Å². The Kier molecular flexibility index (Phi) is 2.96. The zero-order valence-electron chi connectivity index (χ0n) is 9.31. The summed E-state index contributed by atoms with van der Waals surface area (Å²) in [4.78, 5) is 0. The molecule has 0 spiro atoms. The van der Waals surface area contributed by atoms with Gasteiger partial charge in [-0.25, -0.2) is 4.68 Å². The highest BCUT2D eigenvalue weighted by Gasteiger charge is 2.11. The molecular weight excluding hydrogens is 250 g/mol. The highest BCUT2D eigenvalue weighted by atomic mass is 35.5. The Hall–Kier alpha value is -2.45. The Labute approximate surface area is 108 Å². The smallest absolute Gasteiger partial charge is 0.164 e. The number of aromatic nitrogens is 1. The summed E-state index contributed by atoms with van der Waals surface area (Å²) in [7, 11) is 0. The zero-order chi connectivity index (χ0) is 13.3. The number of hydrogen-bond donors (Lipinski definition) is 3. The molecule has 0 aliphatic rings. The van der Waals surface area contributed by atoms with Gasteiger partial charge in [0.05, 0.1) is 0 Å². The summed E-state index contributed by atoms with van der Waals surface area (Å²) in [5.41, 5.74) is 7.08. The first-order valence-electron chi connectivity index (χ1n) is 5.06. The maximum absolute atomic E-state index is 9.12. The van der Waals surface area contributed by atoms with Gasteiger partial charge in [-0.2, -0.15) is 5.26 Å². The van der Waals surface area contributed by atoms with Crippen molar-refractivity contribution in [3.63, 3.8) is 0 Å². The molecule has 5 N–H and O–H groups in total. The largest absolute Gasteiger partial charge is 0.384 e. The van der Waals surface area contributed by atoms with Crippen LogP contribution in [-0.2, 0) is 0 Å². The molecule has 1 heterocycles. The van der Waals surface area contributed by atoms with Crippen LogP contribution in [0, 0.1) is 16.7 Å². The fraction of sp³-hybridized carbons (Fsp3) is 0. The number of rotatable bonds is 1. The van der Waals surface area contributed by atoms with E-state index in [1.54, 1.807) is 30.3 Å². The van der Waals surface area contributed by atoms with Crippen molar-refractivity contribution < 1.29 is 0 Å². The number of anilines is 1. The van der Waals surface area contributed by atoms with Crippen LogP contribution in [-0.4, -0.2) is 4.68 Å². The Morgan fingerprint density at radius 3 is 2.44 bits per heavy atom. The molecule has 18 heavy (non-hydrogen) atoms. The number of nitrogens with zero attached hydrogens (tertiary/aromatic N) is 2.